The minimum atomic E-state index is 0.428. The zero-order valence-corrected chi connectivity index (χ0v) is 8.41. The van der Waals surface area contributed by atoms with E-state index in [0.29, 0.717) is 23.8 Å². The van der Waals surface area contributed by atoms with Crippen LogP contribution in [0.25, 0.3) is 0 Å². The fraction of sp³-hybridized carbons (Fsp3) is 0.182. The van der Waals surface area contributed by atoms with E-state index in [0.717, 1.165) is 6.29 Å². The highest BCUT2D eigenvalue weighted by molar-refractivity contribution is 6.18. The van der Waals surface area contributed by atoms with E-state index in [-0.39, 0.29) is 0 Å². The molecule has 1 aromatic rings. The van der Waals surface area contributed by atoms with Gasteiger partial charge in [-0.05, 0) is 12.1 Å². The van der Waals surface area contributed by atoms with Crippen molar-refractivity contribution in [3.63, 3.8) is 0 Å². The van der Waals surface area contributed by atoms with Crippen molar-refractivity contribution in [2.45, 2.75) is 0 Å². The Morgan fingerprint density at radius 1 is 1.29 bits per heavy atom. The van der Waals surface area contributed by atoms with Crippen LogP contribution in [-0.4, -0.2) is 18.8 Å². The van der Waals surface area contributed by atoms with Crippen LogP contribution in [0.2, 0.25) is 0 Å². The summed E-state index contributed by atoms with van der Waals surface area (Å²) >= 11 is 5.44. The molecule has 14 heavy (non-hydrogen) atoms. The third-order valence-electron chi connectivity index (χ3n) is 1.64. The predicted molar refractivity (Wildman–Crippen MR) is 57.2 cm³/mol. The Labute approximate surface area is 88.1 Å². The average Bonchev–Trinajstić information content (AvgIpc) is 2.25. The molecule has 0 aliphatic rings. The summed E-state index contributed by atoms with van der Waals surface area (Å²) in [6.07, 6.45) is 4.39. The van der Waals surface area contributed by atoms with Gasteiger partial charge in [0.25, 0.3) is 0 Å². The molecule has 0 saturated carbocycles. The molecule has 0 spiro atoms. The van der Waals surface area contributed by atoms with Crippen molar-refractivity contribution >= 4 is 17.9 Å². The molecule has 0 atom stereocenters. The first-order chi connectivity index (χ1) is 6.88. The van der Waals surface area contributed by atoms with Gasteiger partial charge in [-0.3, -0.25) is 4.79 Å². The van der Waals surface area contributed by atoms with E-state index in [9.17, 15) is 4.79 Å². The van der Waals surface area contributed by atoms with Gasteiger partial charge in [0.15, 0.2) is 6.29 Å². The van der Waals surface area contributed by atoms with Crippen molar-refractivity contribution in [1.29, 1.82) is 0 Å². The van der Waals surface area contributed by atoms with E-state index in [2.05, 4.69) is 0 Å². The topological polar surface area (TPSA) is 26.3 Å². The number of hydrogen-bond donors (Lipinski definition) is 0. The Hall–Kier alpha value is -1.28. The molecule has 0 amide bonds. The second kappa shape index (κ2) is 6.22. The lowest BCUT2D eigenvalue weighted by atomic mass is 10.2. The standard InChI is InChI=1S/C11H11ClO2/c12-7-3-4-8-14-11-6-2-1-5-10(11)9-13/h1-6,9H,7-8H2/b4-3+. The zero-order valence-electron chi connectivity index (χ0n) is 7.65. The number of benzene rings is 1. The van der Waals surface area contributed by atoms with Crippen molar-refractivity contribution in [3.05, 3.63) is 42.0 Å². The first-order valence-electron chi connectivity index (χ1n) is 4.26. The highest BCUT2D eigenvalue weighted by Crippen LogP contribution is 2.15. The summed E-state index contributed by atoms with van der Waals surface area (Å²) in [5.41, 5.74) is 0.562. The molecular formula is C11H11ClO2. The first-order valence-corrected chi connectivity index (χ1v) is 4.80. The molecule has 74 valence electrons. The Morgan fingerprint density at radius 3 is 2.79 bits per heavy atom. The quantitative estimate of drug-likeness (QED) is 0.424. The van der Waals surface area contributed by atoms with Gasteiger partial charge in [0.1, 0.15) is 12.4 Å². The van der Waals surface area contributed by atoms with Crippen LogP contribution in [0.15, 0.2) is 36.4 Å². The monoisotopic (exact) mass is 210 g/mol. The van der Waals surface area contributed by atoms with Crippen LogP contribution in [0.1, 0.15) is 10.4 Å². The maximum atomic E-state index is 10.6. The number of allylic oxidation sites excluding steroid dienone is 1. The fourth-order valence-electron chi connectivity index (χ4n) is 0.978. The van der Waals surface area contributed by atoms with Crippen molar-refractivity contribution in [2.75, 3.05) is 12.5 Å². The molecule has 0 aliphatic carbocycles. The molecule has 0 heterocycles. The molecule has 0 bridgehead atoms. The molecule has 3 heteroatoms. The minimum Gasteiger partial charge on any atom is -0.489 e. The molecule has 1 aromatic carbocycles. The second-order valence-corrected chi connectivity index (χ2v) is 2.90. The van der Waals surface area contributed by atoms with Gasteiger partial charge in [-0.1, -0.05) is 24.3 Å². The maximum absolute atomic E-state index is 10.6. The number of alkyl halides is 1. The Morgan fingerprint density at radius 2 is 2.07 bits per heavy atom. The van der Waals surface area contributed by atoms with Crippen LogP contribution in [-0.2, 0) is 0 Å². The van der Waals surface area contributed by atoms with Gasteiger partial charge in [0.2, 0.25) is 0 Å². The summed E-state index contributed by atoms with van der Waals surface area (Å²) in [5, 5.41) is 0. The minimum absolute atomic E-state index is 0.428. The molecule has 2 nitrogen and oxygen atoms in total. The number of ether oxygens (including phenoxy) is 1. The number of para-hydroxylation sites is 1. The van der Waals surface area contributed by atoms with E-state index in [4.69, 9.17) is 16.3 Å². The fourth-order valence-corrected chi connectivity index (χ4v) is 1.10. The van der Waals surface area contributed by atoms with E-state index in [1.54, 1.807) is 24.3 Å². The summed E-state index contributed by atoms with van der Waals surface area (Å²) in [6, 6.07) is 7.10. The van der Waals surface area contributed by atoms with Gasteiger partial charge in [0, 0.05) is 5.88 Å². The number of halogens is 1. The number of carbonyl (C=O) groups excluding carboxylic acids is 1. The Balaban J connectivity index is 2.57. The number of carbonyl (C=O) groups is 1. The molecule has 0 unspecified atom stereocenters. The lowest BCUT2D eigenvalue weighted by Crippen LogP contribution is -1.96. The first kappa shape index (κ1) is 10.8. The van der Waals surface area contributed by atoms with Crippen molar-refractivity contribution in [2.24, 2.45) is 0 Å². The van der Waals surface area contributed by atoms with E-state index < -0.39 is 0 Å². The van der Waals surface area contributed by atoms with Crippen LogP contribution in [0.3, 0.4) is 0 Å². The smallest absolute Gasteiger partial charge is 0.153 e. The average molecular weight is 211 g/mol. The molecular weight excluding hydrogens is 200 g/mol. The predicted octanol–water partition coefficient (Wildman–Crippen LogP) is 2.67. The zero-order chi connectivity index (χ0) is 10.2. The molecule has 0 saturated heterocycles. The van der Waals surface area contributed by atoms with Crippen molar-refractivity contribution in [1.82, 2.24) is 0 Å². The molecule has 0 aliphatic heterocycles. The third-order valence-corrected chi connectivity index (χ3v) is 1.81. The van der Waals surface area contributed by atoms with Gasteiger partial charge in [-0.2, -0.15) is 0 Å². The number of aldehydes is 1. The molecule has 1 rings (SSSR count). The van der Waals surface area contributed by atoms with Crippen molar-refractivity contribution in [3.8, 4) is 5.75 Å². The molecule has 0 radical (unpaired) electrons. The largest absolute Gasteiger partial charge is 0.489 e. The Bertz CT molecular complexity index is 321. The second-order valence-electron chi connectivity index (χ2n) is 2.59. The van der Waals surface area contributed by atoms with Crippen molar-refractivity contribution < 1.29 is 9.53 Å². The van der Waals surface area contributed by atoms with E-state index in [1.807, 2.05) is 12.1 Å². The summed E-state index contributed by atoms with van der Waals surface area (Å²) in [6.45, 7) is 0.428. The Kier molecular flexibility index (Phi) is 4.79. The molecule has 0 N–H and O–H groups in total. The molecule has 0 fully saturated rings. The van der Waals surface area contributed by atoms with Gasteiger partial charge < -0.3 is 4.74 Å². The van der Waals surface area contributed by atoms with Gasteiger partial charge >= 0.3 is 0 Å². The van der Waals surface area contributed by atoms with E-state index >= 15 is 0 Å². The number of hydrogen-bond acceptors (Lipinski definition) is 2. The summed E-state index contributed by atoms with van der Waals surface area (Å²) < 4.78 is 5.35. The lowest BCUT2D eigenvalue weighted by molar-refractivity contribution is 0.112. The SMILES string of the molecule is O=Cc1ccccc1OC/C=C/CCl. The van der Waals surface area contributed by atoms with Crippen LogP contribution in [0.5, 0.6) is 5.75 Å². The summed E-state index contributed by atoms with van der Waals surface area (Å²) in [5.74, 6) is 1.07. The summed E-state index contributed by atoms with van der Waals surface area (Å²) in [4.78, 5) is 10.6. The van der Waals surface area contributed by atoms with Crippen LogP contribution in [0.4, 0.5) is 0 Å². The molecule has 0 aromatic heterocycles. The summed E-state index contributed by atoms with van der Waals surface area (Å²) in [7, 11) is 0. The van der Waals surface area contributed by atoms with Crippen LogP contribution in [0, 0.1) is 0 Å². The maximum Gasteiger partial charge on any atom is 0.153 e. The normalized spacial score (nSPS) is 10.4. The van der Waals surface area contributed by atoms with Gasteiger partial charge in [-0.25, -0.2) is 0 Å². The lowest BCUT2D eigenvalue weighted by Gasteiger charge is -2.04. The van der Waals surface area contributed by atoms with Crippen LogP contribution < -0.4 is 4.74 Å². The van der Waals surface area contributed by atoms with Crippen LogP contribution >= 0.6 is 11.6 Å². The highest BCUT2D eigenvalue weighted by Gasteiger charge is 1.98. The highest BCUT2D eigenvalue weighted by atomic mass is 35.5. The van der Waals surface area contributed by atoms with Gasteiger partial charge in [-0.15, -0.1) is 11.6 Å². The van der Waals surface area contributed by atoms with E-state index in [1.165, 1.54) is 0 Å². The number of rotatable bonds is 5. The third kappa shape index (κ3) is 3.23. The van der Waals surface area contributed by atoms with Gasteiger partial charge in [0.05, 0.1) is 5.56 Å².